The lowest BCUT2D eigenvalue weighted by Crippen LogP contribution is -2.57. The second-order valence-electron chi connectivity index (χ2n) is 5.04. The molecule has 2 rings (SSSR count). The highest BCUT2D eigenvalue weighted by Crippen LogP contribution is 2.25. The summed E-state index contributed by atoms with van der Waals surface area (Å²) >= 11 is 6.07. The van der Waals surface area contributed by atoms with Crippen LogP contribution in [0.15, 0.2) is 18.2 Å². The molecule has 0 radical (unpaired) electrons. The average molecular weight is 312 g/mol. The molecule has 1 aliphatic rings. The van der Waals surface area contributed by atoms with Gasteiger partial charge in [-0.05, 0) is 25.1 Å². The standard InChI is InChI=1S/C15H22ClN3O2/c1-3-18-15(20)13-9-17-6-7-19(13)10-11-8-12(16)4-5-14(11)21-2/h4-5,8,13,17H,3,6-7,9-10H2,1-2H3,(H,18,20). The smallest absolute Gasteiger partial charge is 0.238 e. The number of rotatable bonds is 5. The van der Waals surface area contributed by atoms with Gasteiger partial charge in [0.15, 0.2) is 0 Å². The SMILES string of the molecule is CCNC(=O)C1CNCCN1Cc1cc(Cl)ccc1OC. The third-order valence-corrected chi connectivity index (χ3v) is 3.86. The summed E-state index contributed by atoms with van der Waals surface area (Å²) < 4.78 is 5.38. The molecule has 1 aromatic carbocycles. The first-order chi connectivity index (χ1) is 10.2. The van der Waals surface area contributed by atoms with Crippen LogP contribution in [0, 0.1) is 0 Å². The summed E-state index contributed by atoms with van der Waals surface area (Å²) in [5, 5.41) is 6.84. The molecule has 1 unspecified atom stereocenters. The second kappa shape index (κ2) is 7.64. The Hall–Kier alpha value is -1.30. The van der Waals surface area contributed by atoms with Crippen LogP contribution < -0.4 is 15.4 Å². The van der Waals surface area contributed by atoms with E-state index in [1.807, 2.05) is 25.1 Å². The van der Waals surface area contributed by atoms with E-state index in [0.29, 0.717) is 24.7 Å². The first-order valence-electron chi connectivity index (χ1n) is 7.20. The topological polar surface area (TPSA) is 53.6 Å². The van der Waals surface area contributed by atoms with Crippen molar-refractivity contribution < 1.29 is 9.53 Å². The van der Waals surface area contributed by atoms with Gasteiger partial charge >= 0.3 is 0 Å². The third-order valence-electron chi connectivity index (χ3n) is 3.62. The van der Waals surface area contributed by atoms with Crippen LogP contribution in [0.25, 0.3) is 0 Å². The Bertz CT molecular complexity index is 496. The van der Waals surface area contributed by atoms with Crippen LogP contribution in [0.4, 0.5) is 0 Å². The number of hydrogen-bond acceptors (Lipinski definition) is 4. The molecule has 1 heterocycles. The van der Waals surface area contributed by atoms with Crippen LogP contribution in [-0.4, -0.2) is 50.1 Å². The van der Waals surface area contributed by atoms with E-state index < -0.39 is 0 Å². The first kappa shape index (κ1) is 16.1. The fourth-order valence-corrected chi connectivity index (χ4v) is 2.77. The van der Waals surface area contributed by atoms with Gasteiger partial charge in [-0.2, -0.15) is 0 Å². The van der Waals surface area contributed by atoms with Crippen molar-refractivity contribution in [3.8, 4) is 5.75 Å². The number of hydrogen-bond donors (Lipinski definition) is 2. The van der Waals surface area contributed by atoms with Crippen LogP contribution in [0.5, 0.6) is 5.75 Å². The van der Waals surface area contributed by atoms with Crippen molar-refractivity contribution >= 4 is 17.5 Å². The maximum Gasteiger partial charge on any atom is 0.238 e. The fraction of sp³-hybridized carbons (Fsp3) is 0.533. The lowest BCUT2D eigenvalue weighted by atomic mass is 10.1. The van der Waals surface area contributed by atoms with Gasteiger partial charge in [-0.25, -0.2) is 0 Å². The number of benzene rings is 1. The predicted octanol–water partition coefficient (Wildman–Crippen LogP) is 1.26. The zero-order valence-electron chi connectivity index (χ0n) is 12.5. The average Bonchev–Trinajstić information content (AvgIpc) is 2.48. The zero-order valence-corrected chi connectivity index (χ0v) is 13.2. The third kappa shape index (κ3) is 4.09. The minimum Gasteiger partial charge on any atom is -0.496 e. The molecule has 1 fully saturated rings. The molecule has 1 saturated heterocycles. The minimum atomic E-state index is -0.164. The highest BCUT2D eigenvalue weighted by Gasteiger charge is 2.28. The maximum absolute atomic E-state index is 12.2. The maximum atomic E-state index is 12.2. The zero-order chi connectivity index (χ0) is 15.2. The van der Waals surface area contributed by atoms with Gasteiger partial charge in [-0.3, -0.25) is 9.69 Å². The van der Waals surface area contributed by atoms with Crippen LogP contribution in [0.2, 0.25) is 5.02 Å². The lowest BCUT2D eigenvalue weighted by Gasteiger charge is -2.35. The molecule has 1 amide bonds. The number of carbonyl (C=O) groups is 1. The summed E-state index contributed by atoms with van der Waals surface area (Å²) in [6, 6.07) is 5.41. The van der Waals surface area contributed by atoms with Gasteiger partial charge in [0.25, 0.3) is 0 Å². The van der Waals surface area contributed by atoms with Gasteiger partial charge in [0.2, 0.25) is 5.91 Å². The van der Waals surface area contributed by atoms with E-state index in [9.17, 15) is 4.79 Å². The van der Waals surface area contributed by atoms with E-state index in [0.717, 1.165) is 24.4 Å². The Morgan fingerprint density at radius 1 is 1.57 bits per heavy atom. The Kier molecular flexibility index (Phi) is 5.85. The van der Waals surface area contributed by atoms with Crippen molar-refractivity contribution in [1.82, 2.24) is 15.5 Å². The normalized spacial score (nSPS) is 19.3. The van der Waals surface area contributed by atoms with Crippen molar-refractivity contribution in [3.63, 3.8) is 0 Å². The minimum absolute atomic E-state index is 0.0608. The number of nitrogens with zero attached hydrogens (tertiary/aromatic N) is 1. The monoisotopic (exact) mass is 311 g/mol. The number of amides is 1. The van der Waals surface area contributed by atoms with Crippen LogP contribution >= 0.6 is 11.6 Å². The number of halogens is 1. The van der Waals surface area contributed by atoms with Gasteiger partial charge in [0.1, 0.15) is 11.8 Å². The Morgan fingerprint density at radius 2 is 2.38 bits per heavy atom. The van der Waals surface area contributed by atoms with Gasteiger partial charge < -0.3 is 15.4 Å². The van der Waals surface area contributed by atoms with Gasteiger partial charge in [-0.15, -0.1) is 0 Å². The Balaban J connectivity index is 2.15. The second-order valence-corrected chi connectivity index (χ2v) is 5.48. The van der Waals surface area contributed by atoms with Gasteiger partial charge in [-0.1, -0.05) is 11.6 Å². The van der Waals surface area contributed by atoms with E-state index in [1.54, 1.807) is 7.11 Å². The largest absolute Gasteiger partial charge is 0.496 e. The molecule has 21 heavy (non-hydrogen) atoms. The van der Waals surface area contributed by atoms with E-state index in [4.69, 9.17) is 16.3 Å². The molecule has 1 atom stereocenters. The quantitative estimate of drug-likeness (QED) is 0.859. The fourth-order valence-electron chi connectivity index (χ4n) is 2.58. The number of likely N-dealkylation sites (N-methyl/N-ethyl adjacent to an activating group) is 1. The molecule has 0 aromatic heterocycles. The number of carbonyl (C=O) groups excluding carboxylic acids is 1. The summed E-state index contributed by atoms with van der Waals surface area (Å²) in [6.07, 6.45) is 0. The summed E-state index contributed by atoms with van der Waals surface area (Å²) in [5.74, 6) is 0.860. The Morgan fingerprint density at radius 3 is 3.10 bits per heavy atom. The molecule has 0 aliphatic carbocycles. The van der Waals surface area contributed by atoms with Crippen LogP contribution in [0.1, 0.15) is 12.5 Å². The van der Waals surface area contributed by atoms with Crippen molar-refractivity contribution in [2.75, 3.05) is 33.3 Å². The predicted molar refractivity (Wildman–Crippen MR) is 83.8 cm³/mol. The Labute approximate surface area is 130 Å². The van der Waals surface area contributed by atoms with Gasteiger partial charge in [0, 0.05) is 43.3 Å². The molecule has 5 nitrogen and oxygen atoms in total. The van der Waals surface area contributed by atoms with Crippen molar-refractivity contribution in [2.45, 2.75) is 19.5 Å². The molecular formula is C15H22ClN3O2. The van der Waals surface area contributed by atoms with E-state index in [2.05, 4.69) is 15.5 Å². The lowest BCUT2D eigenvalue weighted by molar-refractivity contribution is -0.127. The molecule has 6 heteroatoms. The molecule has 1 aliphatic heterocycles. The van der Waals surface area contributed by atoms with Crippen molar-refractivity contribution in [3.05, 3.63) is 28.8 Å². The number of methoxy groups -OCH3 is 1. The summed E-state index contributed by atoms with van der Waals surface area (Å²) in [6.45, 7) is 5.57. The van der Waals surface area contributed by atoms with E-state index in [-0.39, 0.29) is 11.9 Å². The number of nitrogens with one attached hydrogen (secondary N) is 2. The molecule has 1 aromatic rings. The van der Waals surface area contributed by atoms with Gasteiger partial charge in [0.05, 0.1) is 7.11 Å². The molecule has 0 spiro atoms. The van der Waals surface area contributed by atoms with E-state index in [1.165, 1.54) is 0 Å². The molecular weight excluding hydrogens is 290 g/mol. The van der Waals surface area contributed by atoms with Crippen LogP contribution in [0.3, 0.4) is 0 Å². The number of piperazine rings is 1. The van der Waals surface area contributed by atoms with Crippen LogP contribution in [-0.2, 0) is 11.3 Å². The highest BCUT2D eigenvalue weighted by molar-refractivity contribution is 6.30. The van der Waals surface area contributed by atoms with E-state index >= 15 is 0 Å². The number of ether oxygens (including phenoxy) is 1. The molecule has 2 N–H and O–H groups in total. The molecule has 0 saturated carbocycles. The molecule has 116 valence electrons. The first-order valence-corrected chi connectivity index (χ1v) is 7.58. The summed E-state index contributed by atoms with van der Waals surface area (Å²) in [5.41, 5.74) is 1.00. The van der Waals surface area contributed by atoms with Crippen molar-refractivity contribution in [1.29, 1.82) is 0 Å². The summed E-state index contributed by atoms with van der Waals surface area (Å²) in [4.78, 5) is 14.3. The molecule has 0 bridgehead atoms. The van der Waals surface area contributed by atoms with Crippen molar-refractivity contribution in [2.24, 2.45) is 0 Å². The highest BCUT2D eigenvalue weighted by atomic mass is 35.5. The summed E-state index contributed by atoms with van der Waals surface area (Å²) in [7, 11) is 1.64.